The first kappa shape index (κ1) is 53.8. The number of ketones is 2. The topological polar surface area (TPSA) is 204 Å². The van der Waals surface area contributed by atoms with Crippen molar-refractivity contribution in [3.05, 3.63) is 129 Å². The highest BCUT2D eigenvalue weighted by atomic mass is 16.6. The lowest BCUT2D eigenvalue weighted by Gasteiger charge is -2.25. The maximum absolute atomic E-state index is 13.4. The molecule has 7 rings (SSSR count). The maximum Gasteiger partial charge on any atom is 0.422 e. The van der Waals surface area contributed by atoms with Gasteiger partial charge >= 0.3 is 30.0 Å². The molecule has 4 amide bonds. The third-order valence-electron chi connectivity index (χ3n) is 11.4. The first-order valence-electron chi connectivity index (χ1n) is 23.1. The van der Waals surface area contributed by atoms with Crippen LogP contribution in [0.3, 0.4) is 0 Å². The number of carbonyl (C=O) groups is 8. The molecule has 3 aliphatic heterocycles. The van der Waals surface area contributed by atoms with Crippen LogP contribution in [0.4, 0.5) is 21.0 Å². The van der Waals surface area contributed by atoms with Gasteiger partial charge in [-0.1, -0.05) is 60.7 Å². The smallest absolute Gasteiger partial charge is 0.422 e. The fraction of sp³-hybridized carbons (Fsp3) is 0.407. The van der Waals surface area contributed by atoms with E-state index in [9.17, 15) is 38.4 Å². The average molecular weight is 961 g/mol. The molecule has 0 fully saturated rings. The first-order chi connectivity index (χ1) is 32.7. The lowest BCUT2D eigenvalue weighted by Crippen LogP contribution is -2.40. The van der Waals surface area contributed by atoms with Gasteiger partial charge in [0.2, 0.25) is 0 Å². The van der Waals surface area contributed by atoms with Crippen LogP contribution in [0, 0.1) is 0 Å². The van der Waals surface area contributed by atoms with Gasteiger partial charge in [0, 0.05) is 26.2 Å². The van der Waals surface area contributed by atoms with Crippen molar-refractivity contribution in [3.8, 4) is 0 Å². The van der Waals surface area contributed by atoms with Crippen molar-refractivity contribution in [2.75, 3.05) is 23.4 Å². The summed E-state index contributed by atoms with van der Waals surface area (Å²) in [6.07, 6.45) is -1.67. The highest BCUT2D eigenvalue weighted by Crippen LogP contribution is 2.36. The van der Waals surface area contributed by atoms with Crippen molar-refractivity contribution >= 4 is 58.9 Å². The SMILES string of the molecule is CCOC(=O)C(C)(C)c1ccc(NC(=O)OC(C)(C)C)c(C(=O)C(=O)N2Cc3ccccc3C2)c1.CCOC(=O)C(C)(C)c1ccc2c(c1)C(=O)C(=O)N2C(=O)OC(C)(C)C.c1ccc2c(c1)CNC2. The molecule has 0 aromatic heterocycles. The summed E-state index contributed by atoms with van der Waals surface area (Å²) in [5.41, 5.74) is 2.54. The van der Waals surface area contributed by atoms with E-state index >= 15 is 0 Å². The van der Waals surface area contributed by atoms with Crippen LogP contribution in [0.25, 0.3) is 0 Å². The number of nitrogens with zero attached hydrogens (tertiary/aromatic N) is 2. The van der Waals surface area contributed by atoms with Crippen LogP contribution in [0.1, 0.15) is 137 Å². The van der Waals surface area contributed by atoms with E-state index in [2.05, 4.69) is 34.9 Å². The number of anilines is 2. The largest absolute Gasteiger partial charge is 0.465 e. The summed E-state index contributed by atoms with van der Waals surface area (Å²) in [7, 11) is 0. The first-order valence-corrected chi connectivity index (χ1v) is 23.1. The zero-order chi connectivity index (χ0) is 51.9. The van der Waals surface area contributed by atoms with E-state index in [-0.39, 0.29) is 35.7 Å². The van der Waals surface area contributed by atoms with E-state index in [1.807, 2.05) is 24.3 Å². The number of fused-ring (bicyclic) bond motifs is 3. The van der Waals surface area contributed by atoms with Gasteiger partial charge in [-0.15, -0.1) is 0 Å². The molecule has 0 radical (unpaired) electrons. The molecule has 4 aromatic carbocycles. The summed E-state index contributed by atoms with van der Waals surface area (Å²) in [4.78, 5) is 103. The molecule has 0 bridgehead atoms. The Labute approximate surface area is 409 Å². The number of imide groups is 1. The van der Waals surface area contributed by atoms with Gasteiger partial charge in [0.15, 0.2) is 0 Å². The van der Waals surface area contributed by atoms with Gasteiger partial charge in [0.05, 0.1) is 46.5 Å². The van der Waals surface area contributed by atoms with Crippen molar-refractivity contribution in [2.24, 2.45) is 0 Å². The Hall–Kier alpha value is -7.20. The molecule has 2 N–H and O–H groups in total. The van der Waals surface area contributed by atoms with Crippen molar-refractivity contribution in [3.63, 3.8) is 0 Å². The van der Waals surface area contributed by atoms with Crippen LogP contribution in [-0.4, -0.2) is 76.8 Å². The summed E-state index contributed by atoms with van der Waals surface area (Å²) in [6.45, 7) is 23.5. The third-order valence-corrected chi connectivity index (χ3v) is 11.4. The number of rotatable bonds is 9. The Morgan fingerprint density at radius 3 is 1.57 bits per heavy atom. The molecule has 16 nitrogen and oxygen atoms in total. The predicted molar refractivity (Wildman–Crippen MR) is 262 cm³/mol. The lowest BCUT2D eigenvalue weighted by molar-refractivity contribution is -0.149. The molecule has 3 aliphatic rings. The van der Waals surface area contributed by atoms with Gasteiger partial charge in [-0.05, 0) is 141 Å². The second kappa shape index (κ2) is 21.6. The number of hydrogen-bond donors (Lipinski definition) is 2. The number of benzene rings is 4. The van der Waals surface area contributed by atoms with Crippen LogP contribution in [0.5, 0.6) is 0 Å². The van der Waals surface area contributed by atoms with Crippen molar-refractivity contribution < 1.29 is 57.3 Å². The number of ether oxygens (including phenoxy) is 4. The van der Waals surface area contributed by atoms with Crippen molar-refractivity contribution in [1.82, 2.24) is 10.2 Å². The van der Waals surface area contributed by atoms with Gasteiger partial charge in [0.1, 0.15) is 11.2 Å². The molecule has 372 valence electrons. The Morgan fingerprint density at radius 1 is 0.614 bits per heavy atom. The van der Waals surface area contributed by atoms with Crippen LogP contribution >= 0.6 is 0 Å². The fourth-order valence-corrected chi connectivity index (χ4v) is 7.59. The highest BCUT2D eigenvalue weighted by molar-refractivity contribution is 6.56. The van der Waals surface area contributed by atoms with Crippen molar-refractivity contribution in [2.45, 2.75) is 131 Å². The maximum atomic E-state index is 13.4. The summed E-state index contributed by atoms with van der Waals surface area (Å²) in [6, 6.07) is 25.3. The van der Waals surface area contributed by atoms with Crippen molar-refractivity contribution in [1.29, 1.82) is 0 Å². The molecule has 70 heavy (non-hydrogen) atoms. The minimum absolute atomic E-state index is 0.0216. The molecular weight excluding hydrogens is 897 g/mol. The van der Waals surface area contributed by atoms with E-state index in [1.54, 1.807) is 95.2 Å². The number of carbonyl (C=O) groups excluding carboxylic acids is 8. The quantitative estimate of drug-likeness (QED) is 0.0697. The van der Waals surface area contributed by atoms with Gasteiger partial charge in [-0.25, -0.2) is 14.5 Å². The molecule has 0 spiro atoms. The minimum Gasteiger partial charge on any atom is -0.465 e. The second-order valence-electron chi connectivity index (χ2n) is 19.9. The summed E-state index contributed by atoms with van der Waals surface area (Å²) in [5.74, 6) is -4.18. The number of amides is 4. The zero-order valence-corrected chi connectivity index (χ0v) is 42.1. The van der Waals surface area contributed by atoms with E-state index in [0.29, 0.717) is 24.2 Å². The Bertz CT molecular complexity index is 2640. The van der Waals surface area contributed by atoms with Crippen LogP contribution in [0.2, 0.25) is 0 Å². The lowest BCUT2D eigenvalue weighted by atomic mass is 9.83. The minimum atomic E-state index is -1.08. The average Bonchev–Trinajstić information content (AvgIpc) is 4.01. The summed E-state index contributed by atoms with van der Waals surface area (Å²) >= 11 is 0. The molecular formula is C54H64N4O12. The molecule has 0 aliphatic carbocycles. The van der Waals surface area contributed by atoms with Gasteiger partial charge in [0.25, 0.3) is 17.5 Å². The molecule has 0 unspecified atom stereocenters. The van der Waals surface area contributed by atoms with E-state index in [0.717, 1.165) is 29.1 Å². The van der Waals surface area contributed by atoms with E-state index in [1.165, 1.54) is 40.3 Å². The standard InChI is InChI=1S/C27H32N2O6.C19H23NO6.C8H9N/c1-7-34-24(32)27(5,6)19-12-13-21(28-25(33)35-26(2,3)4)20(14-19)22(30)23(31)29-15-17-10-8-9-11-18(17)16-29;1-7-25-16(23)19(5,6)11-8-9-13-12(10-11)14(21)15(22)20(13)17(24)26-18(2,3)4;1-2-4-8-6-9-5-7(8)3-1/h8-14H,7,15-16H2,1-6H3,(H,28,33);8-10H,7H2,1-6H3;1-4,9H,5-6H2. The van der Waals surface area contributed by atoms with E-state index in [4.69, 9.17) is 18.9 Å². The number of esters is 2. The molecule has 4 aromatic rings. The Balaban J connectivity index is 0.000000226. The number of nitrogens with one attached hydrogen (secondary N) is 2. The predicted octanol–water partition coefficient (Wildman–Crippen LogP) is 8.88. The zero-order valence-electron chi connectivity index (χ0n) is 42.1. The third kappa shape index (κ3) is 12.7. The van der Waals surface area contributed by atoms with Gasteiger partial charge in [-0.3, -0.25) is 34.1 Å². The van der Waals surface area contributed by atoms with Crippen LogP contribution in [0.15, 0.2) is 84.9 Å². The summed E-state index contributed by atoms with van der Waals surface area (Å²) < 4.78 is 20.8. The second-order valence-corrected chi connectivity index (χ2v) is 19.9. The number of Topliss-reactive ketones (excluding diaryl/α,β-unsaturated/α-hetero) is 2. The van der Waals surface area contributed by atoms with Gasteiger partial charge in [-0.2, -0.15) is 0 Å². The van der Waals surface area contributed by atoms with Crippen LogP contribution in [-0.2, 0) is 75.1 Å². The molecule has 3 heterocycles. The summed E-state index contributed by atoms with van der Waals surface area (Å²) in [5, 5.41) is 5.86. The monoisotopic (exact) mass is 960 g/mol. The molecule has 0 atom stereocenters. The van der Waals surface area contributed by atoms with Gasteiger partial charge < -0.3 is 29.2 Å². The Morgan fingerprint density at radius 2 is 1.09 bits per heavy atom. The van der Waals surface area contributed by atoms with E-state index < -0.39 is 69.5 Å². The molecule has 16 heteroatoms. The Kier molecular flexibility index (Phi) is 16.6. The fourth-order valence-electron chi connectivity index (χ4n) is 7.59. The highest BCUT2D eigenvalue weighted by Gasteiger charge is 2.44. The molecule has 0 saturated carbocycles. The number of hydrogen-bond acceptors (Lipinski definition) is 13. The van der Waals surface area contributed by atoms with Crippen LogP contribution < -0.4 is 15.5 Å². The molecule has 0 saturated heterocycles. The normalized spacial score (nSPS) is 13.9.